The predicted molar refractivity (Wildman–Crippen MR) is 359 cm³/mol. The molecule has 10 heterocycles. The van der Waals surface area contributed by atoms with Crippen molar-refractivity contribution in [2.75, 3.05) is 0 Å². The second-order valence-electron chi connectivity index (χ2n) is 12.5. The van der Waals surface area contributed by atoms with Crippen molar-refractivity contribution in [3.8, 4) is 0 Å². The van der Waals surface area contributed by atoms with E-state index in [1.54, 1.807) is 84.7 Å². The highest BCUT2D eigenvalue weighted by atomic mass is 15.4. The molecule has 0 radical (unpaired) electrons. The standard InChI is InChI=1S/3C6H7N.C5H6N2.C4H6N2.5C3H5N3.10C2H6/c1-6-2-4-7-5-3-6;1-6-3-2-4-7-5-6;1-6-4-2-3-5-7-6;1-5-2-3-6-4-7-5;1-4-2-3-5-6-4;1-6-3-4-2-5-6;1-6-3-2-4-5-6;1-6-4-2-3-5-6;2*1-3-4-2-5-6-3;10*1-2/h3*2-5H,1H3;2-4H,1H3;3H,2H2,1H3;3*2-3H,1H3;2*2H,1H3,(H,4,5,6);10*1-2H3. The van der Waals surface area contributed by atoms with Gasteiger partial charge in [-0.2, -0.15) is 40.5 Å². The summed E-state index contributed by atoms with van der Waals surface area (Å²) in [6.45, 7) is 53.6. The van der Waals surface area contributed by atoms with Gasteiger partial charge in [-0.05, 0) is 96.0 Å². The lowest BCUT2D eigenvalue weighted by Gasteiger charge is -1.82. The Morgan fingerprint density at radius 3 is 1.07 bits per heavy atom. The molecule has 0 fully saturated rings. The van der Waals surface area contributed by atoms with Crippen LogP contribution in [-0.4, -0.2) is 112 Å². The first-order valence-corrected chi connectivity index (χ1v) is 29.4. The van der Waals surface area contributed by atoms with Gasteiger partial charge in [0.1, 0.15) is 43.3 Å². The first-order valence-electron chi connectivity index (χ1n) is 29.4. The summed E-state index contributed by atoms with van der Waals surface area (Å²) < 4.78 is 3.28. The summed E-state index contributed by atoms with van der Waals surface area (Å²) in [6, 6.07) is 15.6. The highest BCUT2D eigenvalue weighted by Gasteiger charge is 1.90. The van der Waals surface area contributed by atoms with Crippen molar-refractivity contribution in [3.05, 3.63) is 176 Å². The van der Waals surface area contributed by atoms with E-state index < -0.39 is 0 Å². The molecule has 9 aromatic heterocycles. The molecule has 1 aliphatic rings. The van der Waals surface area contributed by atoms with Gasteiger partial charge in [-0.1, -0.05) is 156 Å². The van der Waals surface area contributed by atoms with Gasteiger partial charge in [-0.3, -0.25) is 34.5 Å². The largest absolute Gasteiger partial charge is 0.265 e. The first kappa shape index (κ1) is 97.7. The maximum Gasteiger partial charge on any atom is 0.137 e. The Morgan fingerprint density at radius 1 is 0.405 bits per heavy atom. The third-order valence-corrected chi connectivity index (χ3v) is 6.58. The third kappa shape index (κ3) is 90.1. The number of pyridine rings is 3. The topological polar surface area (TPSA) is 264 Å². The van der Waals surface area contributed by atoms with Gasteiger partial charge in [-0.15, -0.1) is 5.10 Å². The molecule has 0 saturated carbocycles. The average molecular weight is 1170 g/mol. The van der Waals surface area contributed by atoms with E-state index in [1.165, 1.54) is 41.2 Å². The number of H-pyrrole nitrogens is 2. The molecule has 22 heteroatoms. The smallest absolute Gasteiger partial charge is 0.137 e. The molecular formula is C62H118N22. The highest BCUT2D eigenvalue weighted by Crippen LogP contribution is 1.91. The first-order chi connectivity index (χ1) is 40.9. The Balaban J connectivity index is -0.0000000876. The lowest BCUT2D eigenvalue weighted by molar-refractivity contribution is 0.654. The van der Waals surface area contributed by atoms with E-state index in [2.05, 4.69) is 96.1 Å². The normalized spacial score (nSPS) is 8.10. The summed E-state index contributed by atoms with van der Waals surface area (Å²) in [7, 11) is 5.43. The summed E-state index contributed by atoms with van der Waals surface area (Å²) in [5.41, 5.74) is 5.66. The minimum atomic E-state index is 0.856. The van der Waals surface area contributed by atoms with Crippen LogP contribution in [0, 0.1) is 41.5 Å². The lowest BCUT2D eigenvalue weighted by Crippen LogP contribution is -1.89. The molecule has 22 nitrogen and oxygen atoms in total. The summed E-state index contributed by atoms with van der Waals surface area (Å²) in [5.74, 6) is 1.71. The van der Waals surface area contributed by atoms with Gasteiger partial charge in [0.15, 0.2) is 0 Å². The van der Waals surface area contributed by atoms with Crippen LogP contribution in [0.5, 0.6) is 0 Å². The maximum absolute atomic E-state index is 3.98. The van der Waals surface area contributed by atoms with Crippen molar-refractivity contribution in [3.63, 3.8) is 0 Å². The molecule has 0 bridgehead atoms. The van der Waals surface area contributed by atoms with Gasteiger partial charge in [0.2, 0.25) is 0 Å². The molecule has 2 N–H and O–H groups in total. The van der Waals surface area contributed by atoms with Gasteiger partial charge in [-0.25, -0.2) is 24.9 Å². The monoisotopic (exact) mass is 1170 g/mol. The summed E-state index contributed by atoms with van der Waals surface area (Å²) in [6.07, 6.45) is 27.8. The number of hydrogen-bond acceptors (Lipinski definition) is 17. The fourth-order valence-electron chi connectivity index (χ4n) is 3.38. The van der Waals surface area contributed by atoms with E-state index in [0.717, 1.165) is 35.2 Å². The van der Waals surface area contributed by atoms with Crippen LogP contribution in [0.3, 0.4) is 0 Å². The Morgan fingerprint density at radius 2 is 0.917 bits per heavy atom. The predicted octanol–water partition coefficient (Wildman–Crippen LogP) is 15.7. The van der Waals surface area contributed by atoms with Crippen LogP contribution >= 0.6 is 0 Å². The van der Waals surface area contributed by atoms with Crippen molar-refractivity contribution in [2.45, 2.75) is 193 Å². The Labute approximate surface area is 511 Å². The van der Waals surface area contributed by atoms with E-state index in [0.29, 0.717) is 0 Å². The Hall–Kier alpha value is -8.43. The van der Waals surface area contributed by atoms with Crippen molar-refractivity contribution >= 4 is 11.9 Å². The van der Waals surface area contributed by atoms with Gasteiger partial charge < -0.3 is 0 Å². The van der Waals surface area contributed by atoms with Crippen molar-refractivity contribution in [1.82, 2.24) is 100 Å². The van der Waals surface area contributed by atoms with E-state index in [1.807, 2.05) is 256 Å². The summed E-state index contributed by atoms with van der Waals surface area (Å²) in [5, 5.41) is 38.1. The molecule has 476 valence electrons. The van der Waals surface area contributed by atoms with Gasteiger partial charge in [0, 0.05) is 94.3 Å². The van der Waals surface area contributed by atoms with Gasteiger partial charge in [0.05, 0.1) is 18.6 Å². The van der Waals surface area contributed by atoms with Crippen LogP contribution in [-0.2, 0) is 21.1 Å². The van der Waals surface area contributed by atoms with Crippen molar-refractivity contribution in [1.29, 1.82) is 0 Å². The van der Waals surface area contributed by atoms with Crippen LogP contribution in [0.4, 0.5) is 0 Å². The molecular weight excluding hydrogens is 1050 g/mol. The maximum atomic E-state index is 3.98. The highest BCUT2D eigenvalue weighted by molar-refractivity contribution is 5.96. The summed E-state index contributed by atoms with van der Waals surface area (Å²) >= 11 is 0. The average Bonchev–Trinajstić information content (AvgIpc) is 4.47. The number of nitrogens with one attached hydrogen (secondary N) is 2. The molecule has 9 aromatic rings. The second-order valence-corrected chi connectivity index (χ2v) is 12.5. The van der Waals surface area contributed by atoms with E-state index in [4.69, 9.17) is 0 Å². The molecule has 0 aromatic carbocycles. The molecule has 1 aliphatic heterocycles. The van der Waals surface area contributed by atoms with Crippen molar-refractivity contribution in [2.24, 2.45) is 31.3 Å². The molecule has 0 aliphatic carbocycles. The fraction of sp³-hybridized carbons (Fsp3) is 0.500. The number of nitrogens with zero attached hydrogens (tertiary/aromatic N) is 20. The van der Waals surface area contributed by atoms with Crippen molar-refractivity contribution < 1.29 is 0 Å². The number of aryl methyl sites for hydroxylation is 9. The fourth-order valence-corrected chi connectivity index (χ4v) is 3.38. The molecule has 0 atom stereocenters. The number of aromatic nitrogens is 20. The van der Waals surface area contributed by atoms with E-state index >= 15 is 0 Å². The van der Waals surface area contributed by atoms with Crippen LogP contribution in [0.2, 0.25) is 0 Å². The zero-order chi connectivity index (χ0) is 66.9. The SMILES string of the molecule is CC.CC.CC.CC.CC.CC.CC.CC.CC.CC.CC1=NN=CC1.Cc1ccccn1.Cc1cccnc1.Cc1ccncc1.Cc1ccncn1.Cc1ncn[nH]1.Cc1ncn[nH]1.Cn1ccnn1.Cn1cncn1.Cn1nccn1. The Kier molecular flexibility index (Phi) is 109. The quantitative estimate of drug-likeness (QED) is 0.143. The van der Waals surface area contributed by atoms with Crippen LogP contribution in [0.15, 0.2) is 152 Å². The molecule has 0 saturated heterocycles. The van der Waals surface area contributed by atoms with Gasteiger partial charge in [0.25, 0.3) is 0 Å². The van der Waals surface area contributed by atoms with E-state index in [9.17, 15) is 0 Å². The number of hydrogen-bond donors (Lipinski definition) is 2. The molecule has 10 rings (SSSR count). The third-order valence-electron chi connectivity index (χ3n) is 6.58. The molecule has 0 spiro atoms. The number of rotatable bonds is 0. The minimum absolute atomic E-state index is 0.856. The van der Waals surface area contributed by atoms with Crippen LogP contribution in [0.1, 0.15) is 186 Å². The zero-order valence-electron chi connectivity index (χ0n) is 58.0. The minimum Gasteiger partial charge on any atom is -0.265 e. The summed E-state index contributed by atoms with van der Waals surface area (Å²) in [4.78, 5) is 32.0. The number of aromatic amines is 2. The second kappa shape index (κ2) is 93.9. The Bertz CT molecular complexity index is 1990. The lowest BCUT2D eigenvalue weighted by atomic mass is 10.3. The van der Waals surface area contributed by atoms with E-state index in [-0.39, 0.29) is 0 Å². The molecule has 0 unspecified atom stereocenters. The van der Waals surface area contributed by atoms with Crippen LogP contribution in [0.25, 0.3) is 0 Å². The molecule has 84 heavy (non-hydrogen) atoms. The molecule has 0 amide bonds. The zero-order valence-corrected chi connectivity index (χ0v) is 58.0. The van der Waals surface area contributed by atoms with Gasteiger partial charge >= 0.3 is 0 Å². The van der Waals surface area contributed by atoms with Crippen LogP contribution < -0.4 is 0 Å².